The van der Waals surface area contributed by atoms with Crippen LogP contribution in [0.4, 0.5) is 0 Å². The van der Waals surface area contributed by atoms with Crippen LogP contribution in [0.25, 0.3) is 0 Å². The minimum atomic E-state index is -2.54. The lowest BCUT2D eigenvalue weighted by Crippen LogP contribution is -2.69. The van der Waals surface area contributed by atoms with Crippen LogP contribution in [0.1, 0.15) is 33.6 Å². The molecule has 0 spiro atoms. The van der Waals surface area contributed by atoms with Crippen molar-refractivity contribution in [2.24, 2.45) is 0 Å². The molecule has 2 aliphatic rings. The largest absolute Gasteiger partial charge is 0.400 e. The monoisotopic (exact) mass is 535 g/mol. The molecule has 3 nitrogen and oxygen atoms in total. The van der Waals surface area contributed by atoms with Crippen LogP contribution >= 0.6 is 22.6 Å². The molecule has 0 saturated carbocycles. The summed E-state index contributed by atoms with van der Waals surface area (Å²) in [7, 11) is -2.54. The molecule has 0 N–H and O–H groups in total. The van der Waals surface area contributed by atoms with Crippen molar-refractivity contribution in [1.29, 1.82) is 0 Å². The van der Waals surface area contributed by atoms with E-state index in [0.717, 1.165) is 23.6 Å². The topological polar surface area (TPSA) is 21.7 Å². The molecular formula is C25H34INO2Si. The number of ether oxygens (including phenoxy) is 1. The van der Waals surface area contributed by atoms with E-state index >= 15 is 0 Å². The first-order chi connectivity index (χ1) is 14.4. The zero-order valence-electron chi connectivity index (χ0n) is 18.4. The number of nitrogens with zero attached hydrogens (tertiary/aromatic N) is 1. The number of likely N-dealkylation sites (tertiary alicyclic amines) is 1. The molecule has 5 heteroatoms. The average Bonchev–Trinajstić information content (AvgIpc) is 3.21. The maximum Gasteiger partial charge on any atom is 0.261 e. The fourth-order valence-electron chi connectivity index (χ4n) is 5.09. The van der Waals surface area contributed by atoms with E-state index in [2.05, 4.69) is 109 Å². The smallest absolute Gasteiger partial charge is 0.261 e. The summed E-state index contributed by atoms with van der Waals surface area (Å²) in [5, 5.41) is 2.69. The van der Waals surface area contributed by atoms with Gasteiger partial charge < -0.3 is 9.16 Å². The van der Waals surface area contributed by atoms with Crippen molar-refractivity contribution in [1.82, 2.24) is 4.90 Å². The quantitative estimate of drug-likeness (QED) is 0.325. The van der Waals surface area contributed by atoms with Crippen LogP contribution in [-0.2, 0) is 9.16 Å². The van der Waals surface area contributed by atoms with Crippen molar-refractivity contribution in [3.8, 4) is 0 Å². The SMILES string of the molecule is CC(C)(C)[Si](O[C@H]1COC[C@H]1N1CCC(I)CC1)(c1ccccc1)c1ccccc1. The van der Waals surface area contributed by atoms with Gasteiger partial charge in [-0.2, -0.15) is 0 Å². The van der Waals surface area contributed by atoms with Crippen LogP contribution in [0.15, 0.2) is 60.7 Å². The average molecular weight is 536 g/mol. The third kappa shape index (κ3) is 4.42. The molecule has 162 valence electrons. The van der Waals surface area contributed by atoms with Gasteiger partial charge in [0.2, 0.25) is 0 Å². The number of piperidine rings is 1. The van der Waals surface area contributed by atoms with Crippen molar-refractivity contribution in [2.45, 2.75) is 54.7 Å². The lowest BCUT2D eigenvalue weighted by molar-refractivity contribution is 0.0813. The summed E-state index contributed by atoms with van der Waals surface area (Å²) in [5.74, 6) is 0. The van der Waals surface area contributed by atoms with E-state index in [9.17, 15) is 0 Å². The zero-order chi connectivity index (χ0) is 21.2. The number of rotatable bonds is 5. The van der Waals surface area contributed by atoms with Crippen LogP contribution < -0.4 is 10.4 Å². The molecule has 2 aromatic carbocycles. The Labute approximate surface area is 196 Å². The molecule has 2 fully saturated rings. The van der Waals surface area contributed by atoms with Gasteiger partial charge in [-0.25, -0.2) is 0 Å². The molecule has 0 aliphatic carbocycles. The van der Waals surface area contributed by atoms with Gasteiger partial charge in [-0.3, -0.25) is 4.90 Å². The maximum absolute atomic E-state index is 7.40. The highest BCUT2D eigenvalue weighted by Crippen LogP contribution is 2.39. The molecule has 2 saturated heterocycles. The van der Waals surface area contributed by atoms with Gasteiger partial charge in [0.15, 0.2) is 0 Å². The number of benzene rings is 2. The molecule has 0 radical (unpaired) electrons. The minimum absolute atomic E-state index is 0.00194. The van der Waals surface area contributed by atoms with Crippen molar-refractivity contribution in [3.63, 3.8) is 0 Å². The fourth-order valence-corrected chi connectivity index (χ4v) is 10.3. The lowest BCUT2D eigenvalue weighted by atomic mass is 10.1. The first kappa shape index (κ1) is 22.5. The second kappa shape index (κ2) is 9.41. The first-order valence-electron chi connectivity index (χ1n) is 11.2. The van der Waals surface area contributed by atoms with Gasteiger partial charge in [0.05, 0.1) is 25.4 Å². The van der Waals surface area contributed by atoms with Gasteiger partial charge in [0.25, 0.3) is 8.32 Å². The van der Waals surface area contributed by atoms with Crippen LogP contribution in [0, 0.1) is 0 Å². The molecule has 30 heavy (non-hydrogen) atoms. The predicted molar refractivity (Wildman–Crippen MR) is 136 cm³/mol. The zero-order valence-corrected chi connectivity index (χ0v) is 21.5. The summed E-state index contributed by atoms with van der Waals surface area (Å²) in [6.07, 6.45) is 2.65. The Balaban J connectivity index is 1.73. The number of halogens is 1. The van der Waals surface area contributed by atoms with Crippen LogP contribution in [0.5, 0.6) is 0 Å². The summed E-state index contributed by atoms with van der Waals surface area (Å²) < 4.78 is 14.2. The van der Waals surface area contributed by atoms with E-state index in [1.165, 1.54) is 23.2 Å². The molecule has 0 amide bonds. The normalized spacial score (nSPS) is 24.3. The van der Waals surface area contributed by atoms with Crippen molar-refractivity contribution >= 4 is 41.3 Å². The summed E-state index contributed by atoms with van der Waals surface area (Å²) >= 11 is 2.60. The van der Waals surface area contributed by atoms with Crippen LogP contribution in [0.2, 0.25) is 5.04 Å². The lowest BCUT2D eigenvalue weighted by Gasteiger charge is -2.46. The molecule has 2 aliphatic heterocycles. The van der Waals surface area contributed by atoms with E-state index in [-0.39, 0.29) is 11.1 Å². The van der Waals surface area contributed by atoms with Gasteiger partial charge in [-0.15, -0.1) is 0 Å². The minimum Gasteiger partial charge on any atom is -0.400 e. The molecule has 2 atom stereocenters. The highest BCUT2D eigenvalue weighted by Gasteiger charge is 2.53. The summed E-state index contributed by atoms with van der Waals surface area (Å²) in [6, 6.07) is 22.3. The van der Waals surface area contributed by atoms with Crippen LogP contribution in [-0.4, -0.2) is 55.6 Å². The van der Waals surface area contributed by atoms with Gasteiger partial charge in [0, 0.05) is 3.92 Å². The maximum atomic E-state index is 7.40. The van der Waals surface area contributed by atoms with Crippen molar-refractivity contribution < 1.29 is 9.16 Å². The number of hydrogen-bond donors (Lipinski definition) is 0. The van der Waals surface area contributed by atoms with Gasteiger partial charge >= 0.3 is 0 Å². The van der Waals surface area contributed by atoms with Gasteiger partial charge in [-0.05, 0) is 41.3 Å². The summed E-state index contributed by atoms with van der Waals surface area (Å²) in [5.41, 5.74) is 0. The van der Waals surface area contributed by atoms with Crippen molar-refractivity contribution in [3.05, 3.63) is 60.7 Å². The summed E-state index contributed by atoms with van der Waals surface area (Å²) in [4.78, 5) is 2.63. The molecule has 2 heterocycles. The molecule has 2 aromatic rings. The first-order valence-corrected chi connectivity index (χ1v) is 14.3. The van der Waals surface area contributed by atoms with E-state index in [0.29, 0.717) is 12.6 Å². The third-order valence-electron chi connectivity index (χ3n) is 6.67. The van der Waals surface area contributed by atoms with Gasteiger partial charge in [0.1, 0.15) is 0 Å². The molecular weight excluding hydrogens is 501 g/mol. The second-order valence-corrected chi connectivity index (χ2v) is 15.6. The van der Waals surface area contributed by atoms with E-state index < -0.39 is 8.32 Å². The van der Waals surface area contributed by atoms with E-state index in [1.807, 2.05) is 0 Å². The van der Waals surface area contributed by atoms with Crippen molar-refractivity contribution in [2.75, 3.05) is 26.3 Å². The second-order valence-electron chi connectivity index (χ2n) is 9.63. The molecule has 4 rings (SSSR count). The Morgan fingerprint density at radius 2 is 1.43 bits per heavy atom. The number of hydrogen-bond acceptors (Lipinski definition) is 3. The Kier molecular flexibility index (Phi) is 7.04. The fraction of sp³-hybridized carbons (Fsp3) is 0.520. The van der Waals surface area contributed by atoms with Gasteiger partial charge in [-0.1, -0.05) is 104 Å². The van der Waals surface area contributed by atoms with E-state index in [1.54, 1.807) is 0 Å². The van der Waals surface area contributed by atoms with E-state index in [4.69, 9.17) is 9.16 Å². The third-order valence-corrected chi connectivity index (χ3v) is 13.0. The molecule has 0 unspecified atom stereocenters. The highest BCUT2D eigenvalue weighted by atomic mass is 127. The highest BCUT2D eigenvalue weighted by molar-refractivity contribution is 14.1. The molecule has 0 bridgehead atoms. The Morgan fingerprint density at radius 1 is 0.900 bits per heavy atom. The Bertz CT molecular complexity index is 763. The molecule has 0 aromatic heterocycles. The summed E-state index contributed by atoms with van der Waals surface area (Å²) in [6.45, 7) is 10.8. The Morgan fingerprint density at radius 3 is 1.93 bits per heavy atom. The number of alkyl halides is 1. The standard InChI is InChI=1S/C25H34INO2Si/c1-25(2,3)30(21-10-6-4-7-11-21,22-12-8-5-9-13-22)29-24-19-28-18-23(24)27-16-14-20(26)15-17-27/h4-13,20,23-24H,14-19H2,1-3H3/t23-,24+/m1/s1. The Hall–Kier alpha value is -0.733. The van der Waals surface area contributed by atoms with Crippen LogP contribution in [0.3, 0.4) is 0 Å². The predicted octanol–water partition coefficient (Wildman–Crippen LogP) is 4.23.